The number of rotatable bonds is 6. The van der Waals surface area contributed by atoms with Gasteiger partial charge in [-0.1, -0.05) is 11.6 Å². The van der Waals surface area contributed by atoms with E-state index in [0.29, 0.717) is 6.42 Å². The molecule has 1 rings (SSSR count). The van der Waals surface area contributed by atoms with E-state index < -0.39 is 31.3 Å². The summed E-state index contributed by atoms with van der Waals surface area (Å²) < 4.78 is 36.8. The monoisotopic (exact) mass is 294 g/mol. The fraction of sp³-hybridized carbons (Fsp3) is 0.667. The van der Waals surface area contributed by atoms with Crippen LogP contribution >= 0.6 is 0 Å². The topological polar surface area (TPSA) is 69.6 Å². The molecule has 2 amide bonds. The fourth-order valence-electron chi connectivity index (χ4n) is 1.99. The van der Waals surface area contributed by atoms with E-state index in [1.807, 2.05) is 0 Å². The molecule has 114 valence electrons. The molecule has 2 N–H and O–H groups in total. The van der Waals surface area contributed by atoms with Crippen LogP contribution in [-0.4, -0.2) is 47.8 Å². The SMILES string of the molecule is O=C(O)CN(CC(F)(F)F)C(=O)NCCC1=CCCC1. The summed E-state index contributed by atoms with van der Waals surface area (Å²) in [6.07, 6.45) is 0.999. The summed E-state index contributed by atoms with van der Waals surface area (Å²) in [5.41, 5.74) is 1.17. The molecule has 5 nitrogen and oxygen atoms in total. The number of alkyl halides is 3. The van der Waals surface area contributed by atoms with E-state index in [2.05, 4.69) is 11.4 Å². The van der Waals surface area contributed by atoms with Crippen LogP contribution in [0.2, 0.25) is 0 Å². The number of halogens is 3. The molecule has 0 aromatic heterocycles. The van der Waals surface area contributed by atoms with Gasteiger partial charge < -0.3 is 15.3 Å². The Balaban J connectivity index is 2.43. The summed E-state index contributed by atoms with van der Waals surface area (Å²) >= 11 is 0. The highest BCUT2D eigenvalue weighted by molar-refractivity contribution is 5.80. The van der Waals surface area contributed by atoms with Crippen LogP contribution in [0, 0.1) is 0 Å². The van der Waals surface area contributed by atoms with Crippen molar-refractivity contribution in [3.63, 3.8) is 0 Å². The van der Waals surface area contributed by atoms with E-state index in [1.54, 1.807) is 0 Å². The van der Waals surface area contributed by atoms with Crippen molar-refractivity contribution >= 4 is 12.0 Å². The zero-order valence-electron chi connectivity index (χ0n) is 10.9. The van der Waals surface area contributed by atoms with Gasteiger partial charge in [0.2, 0.25) is 0 Å². The molecule has 0 saturated heterocycles. The van der Waals surface area contributed by atoms with E-state index in [9.17, 15) is 22.8 Å². The van der Waals surface area contributed by atoms with E-state index in [-0.39, 0.29) is 11.4 Å². The van der Waals surface area contributed by atoms with Crippen molar-refractivity contribution in [2.75, 3.05) is 19.6 Å². The van der Waals surface area contributed by atoms with E-state index in [4.69, 9.17) is 5.11 Å². The van der Waals surface area contributed by atoms with Gasteiger partial charge in [0.05, 0.1) is 0 Å². The molecule has 0 heterocycles. The second kappa shape index (κ2) is 7.16. The van der Waals surface area contributed by atoms with Crippen molar-refractivity contribution in [3.05, 3.63) is 11.6 Å². The van der Waals surface area contributed by atoms with Crippen molar-refractivity contribution in [2.45, 2.75) is 31.9 Å². The third kappa shape index (κ3) is 6.44. The number of aliphatic carboxylic acids is 1. The smallest absolute Gasteiger partial charge is 0.406 e. The number of nitrogens with one attached hydrogen (secondary N) is 1. The lowest BCUT2D eigenvalue weighted by Crippen LogP contribution is -2.47. The second-order valence-corrected chi connectivity index (χ2v) is 4.60. The molecule has 0 bridgehead atoms. The van der Waals surface area contributed by atoms with Crippen molar-refractivity contribution in [1.29, 1.82) is 0 Å². The van der Waals surface area contributed by atoms with Crippen molar-refractivity contribution in [2.24, 2.45) is 0 Å². The van der Waals surface area contributed by atoms with Crippen LogP contribution in [0.4, 0.5) is 18.0 Å². The molecule has 0 aromatic carbocycles. The van der Waals surface area contributed by atoms with Crippen LogP contribution in [0.5, 0.6) is 0 Å². The predicted molar refractivity (Wildman–Crippen MR) is 65.2 cm³/mol. The maximum absolute atomic E-state index is 12.3. The Morgan fingerprint density at radius 1 is 1.40 bits per heavy atom. The largest absolute Gasteiger partial charge is 0.480 e. The predicted octanol–water partition coefficient (Wildman–Crippen LogP) is 2.15. The van der Waals surface area contributed by atoms with Gasteiger partial charge in [0.1, 0.15) is 13.1 Å². The van der Waals surface area contributed by atoms with Gasteiger partial charge in [-0.25, -0.2) is 4.79 Å². The normalized spacial score (nSPS) is 14.8. The van der Waals surface area contributed by atoms with Crippen LogP contribution in [0.1, 0.15) is 25.7 Å². The molecule has 0 atom stereocenters. The average Bonchev–Trinajstić information content (AvgIpc) is 2.78. The number of carboxylic acid groups (broad SMARTS) is 1. The minimum absolute atomic E-state index is 0.207. The van der Waals surface area contributed by atoms with Crippen LogP contribution in [0.25, 0.3) is 0 Å². The Bertz CT molecular complexity index is 394. The van der Waals surface area contributed by atoms with Crippen molar-refractivity contribution < 1.29 is 27.9 Å². The van der Waals surface area contributed by atoms with Crippen molar-refractivity contribution in [1.82, 2.24) is 10.2 Å². The maximum atomic E-state index is 12.3. The first kappa shape index (κ1) is 16.3. The molecule has 0 unspecified atom stereocenters. The van der Waals surface area contributed by atoms with Gasteiger partial charge in [0.25, 0.3) is 0 Å². The van der Waals surface area contributed by atoms with Crippen LogP contribution < -0.4 is 5.32 Å². The molecule has 0 radical (unpaired) electrons. The Labute approximate surface area is 114 Å². The summed E-state index contributed by atoms with van der Waals surface area (Å²) in [5.74, 6) is -1.48. The average molecular weight is 294 g/mol. The summed E-state index contributed by atoms with van der Waals surface area (Å²) in [6.45, 7) is -2.35. The minimum Gasteiger partial charge on any atom is -0.480 e. The lowest BCUT2D eigenvalue weighted by atomic mass is 10.2. The first-order valence-electron chi connectivity index (χ1n) is 6.27. The lowest BCUT2D eigenvalue weighted by Gasteiger charge is -2.22. The molecule has 1 aliphatic carbocycles. The number of carbonyl (C=O) groups excluding carboxylic acids is 1. The Morgan fingerprint density at radius 3 is 2.60 bits per heavy atom. The molecular weight excluding hydrogens is 277 g/mol. The maximum Gasteiger partial charge on any atom is 0.406 e. The van der Waals surface area contributed by atoms with Crippen LogP contribution in [-0.2, 0) is 4.79 Å². The summed E-state index contributed by atoms with van der Waals surface area (Å²) in [6, 6.07) is -1.01. The minimum atomic E-state index is -4.62. The highest BCUT2D eigenvalue weighted by Gasteiger charge is 2.33. The van der Waals surface area contributed by atoms with E-state index in [0.717, 1.165) is 19.3 Å². The standard InChI is InChI=1S/C12H17F3N2O3/c13-12(14,15)8-17(7-10(18)19)11(20)16-6-5-9-3-1-2-4-9/h3H,1-2,4-8H2,(H,16,20)(H,18,19). The van der Waals surface area contributed by atoms with Gasteiger partial charge in [0.15, 0.2) is 0 Å². The number of carboxylic acids is 1. The highest BCUT2D eigenvalue weighted by Crippen LogP contribution is 2.20. The zero-order valence-corrected chi connectivity index (χ0v) is 10.9. The van der Waals surface area contributed by atoms with Gasteiger partial charge in [0, 0.05) is 6.54 Å². The first-order valence-corrected chi connectivity index (χ1v) is 6.27. The molecule has 0 aliphatic heterocycles. The van der Waals surface area contributed by atoms with Gasteiger partial charge in [-0.15, -0.1) is 0 Å². The number of carbonyl (C=O) groups is 2. The fourth-order valence-corrected chi connectivity index (χ4v) is 1.99. The zero-order chi connectivity index (χ0) is 15.2. The lowest BCUT2D eigenvalue weighted by molar-refractivity contribution is -0.148. The van der Waals surface area contributed by atoms with E-state index in [1.165, 1.54) is 5.57 Å². The number of nitrogens with zero attached hydrogens (tertiary/aromatic N) is 1. The summed E-state index contributed by atoms with van der Waals surface area (Å²) in [4.78, 5) is 22.3. The molecule has 20 heavy (non-hydrogen) atoms. The molecule has 1 aliphatic rings. The molecule has 0 spiro atoms. The van der Waals surface area contributed by atoms with Gasteiger partial charge in [-0.3, -0.25) is 4.79 Å². The first-order chi connectivity index (χ1) is 9.28. The summed E-state index contributed by atoms with van der Waals surface area (Å²) in [7, 11) is 0. The molecule has 0 fully saturated rings. The molecule has 8 heteroatoms. The third-order valence-electron chi connectivity index (χ3n) is 2.84. The van der Waals surface area contributed by atoms with E-state index >= 15 is 0 Å². The van der Waals surface area contributed by atoms with Crippen molar-refractivity contribution in [3.8, 4) is 0 Å². The summed E-state index contributed by atoms with van der Waals surface area (Å²) in [5, 5.41) is 10.8. The number of urea groups is 1. The Morgan fingerprint density at radius 2 is 2.10 bits per heavy atom. The van der Waals surface area contributed by atoms with Gasteiger partial charge in [-0.05, 0) is 25.7 Å². The Kier molecular flexibility index (Phi) is 5.84. The number of amides is 2. The highest BCUT2D eigenvalue weighted by atomic mass is 19.4. The number of allylic oxidation sites excluding steroid dienone is 1. The third-order valence-corrected chi connectivity index (χ3v) is 2.84. The molecule has 0 aromatic rings. The number of hydrogen-bond donors (Lipinski definition) is 2. The quantitative estimate of drug-likeness (QED) is 0.737. The number of hydrogen-bond acceptors (Lipinski definition) is 2. The second-order valence-electron chi connectivity index (χ2n) is 4.60. The van der Waals surface area contributed by atoms with Crippen LogP contribution in [0.3, 0.4) is 0 Å². The van der Waals surface area contributed by atoms with Gasteiger partial charge in [-0.2, -0.15) is 13.2 Å². The van der Waals surface area contributed by atoms with Gasteiger partial charge >= 0.3 is 18.2 Å². The molecule has 0 saturated carbocycles. The molecular formula is C12H17F3N2O3. The van der Waals surface area contributed by atoms with Crippen LogP contribution in [0.15, 0.2) is 11.6 Å². The Hall–Kier alpha value is -1.73.